The van der Waals surface area contributed by atoms with Gasteiger partial charge in [0.1, 0.15) is 6.29 Å². The van der Waals surface area contributed by atoms with Crippen LogP contribution in [0.3, 0.4) is 0 Å². The Bertz CT molecular complexity index is 400. The van der Waals surface area contributed by atoms with Crippen molar-refractivity contribution in [2.24, 2.45) is 0 Å². The van der Waals surface area contributed by atoms with Crippen molar-refractivity contribution in [2.75, 3.05) is 11.1 Å². The van der Waals surface area contributed by atoms with Crippen LogP contribution in [0.15, 0.2) is 24.3 Å². The number of amides is 1. The first-order chi connectivity index (χ1) is 7.61. The molecular formula is C11H11NO3S. The van der Waals surface area contributed by atoms with Crippen LogP contribution in [0.4, 0.5) is 5.69 Å². The number of aldehydes is 1. The van der Waals surface area contributed by atoms with E-state index < -0.39 is 0 Å². The van der Waals surface area contributed by atoms with Gasteiger partial charge in [-0.3, -0.25) is 14.4 Å². The summed E-state index contributed by atoms with van der Waals surface area (Å²) < 4.78 is 0. The molecule has 1 amide bonds. The molecule has 0 aliphatic heterocycles. The highest BCUT2D eigenvalue weighted by atomic mass is 32.2. The Morgan fingerprint density at radius 2 is 1.94 bits per heavy atom. The highest BCUT2D eigenvalue weighted by molar-refractivity contribution is 8.14. The van der Waals surface area contributed by atoms with Crippen LogP contribution in [0.25, 0.3) is 0 Å². The third-order valence-corrected chi connectivity index (χ3v) is 2.55. The van der Waals surface area contributed by atoms with Gasteiger partial charge in [0.2, 0.25) is 5.91 Å². The number of rotatable bonds is 4. The second kappa shape index (κ2) is 6.07. The third-order valence-electron chi connectivity index (χ3n) is 1.74. The number of hydrogen-bond donors (Lipinski definition) is 1. The molecule has 0 saturated heterocycles. The molecule has 0 radical (unpaired) electrons. The number of carbonyl (C=O) groups excluding carboxylic acids is 3. The van der Waals surface area contributed by atoms with Crippen LogP contribution in [-0.4, -0.2) is 23.1 Å². The Kier molecular flexibility index (Phi) is 4.72. The average Bonchev–Trinajstić information content (AvgIpc) is 2.27. The molecule has 4 nitrogen and oxygen atoms in total. The molecular weight excluding hydrogens is 226 g/mol. The van der Waals surface area contributed by atoms with Crippen LogP contribution >= 0.6 is 11.8 Å². The van der Waals surface area contributed by atoms with Crippen molar-refractivity contribution in [3.05, 3.63) is 29.8 Å². The Morgan fingerprint density at radius 3 is 2.44 bits per heavy atom. The number of anilines is 1. The predicted octanol–water partition coefficient (Wildman–Crippen LogP) is 1.72. The third kappa shape index (κ3) is 4.27. The molecule has 0 fully saturated rings. The Morgan fingerprint density at radius 1 is 1.31 bits per heavy atom. The molecule has 5 heteroatoms. The molecule has 0 bridgehead atoms. The van der Waals surface area contributed by atoms with Crippen LogP contribution in [0.5, 0.6) is 0 Å². The minimum atomic E-state index is -0.237. The first-order valence-electron chi connectivity index (χ1n) is 4.60. The van der Waals surface area contributed by atoms with E-state index in [-0.39, 0.29) is 16.8 Å². The Balaban J connectivity index is 2.49. The van der Waals surface area contributed by atoms with Gasteiger partial charge in [0.15, 0.2) is 5.12 Å². The number of thioether (sulfide) groups is 1. The highest BCUT2D eigenvalue weighted by Crippen LogP contribution is 2.09. The van der Waals surface area contributed by atoms with Crippen molar-refractivity contribution in [1.82, 2.24) is 0 Å². The summed E-state index contributed by atoms with van der Waals surface area (Å²) in [5.41, 5.74) is 1.16. The molecule has 16 heavy (non-hydrogen) atoms. The minimum absolute atomic E-state index is 0.0912. The van der Waals surface area contributed by atoms with E-state index in [0.717, 1.165) is 18.0 Å². The monoisotopic (exact) mass is 237 g/mol. The zero-order chi connectivity index (χ0) is 12.0. The van der Waals surface area contributed by atoms with Gasteiger partial charge in [-0.1, -0.05) is 11.8 Å². The standard InChI is InChI=1S/C11H11NO3S/c1-8(14)16-7-11(15)12-10-4-2-9(6-13)3-5-10/h2-6H,7H2,1H3,(H,12,15). The van der Waals surface area contributed by atoms with Crippen LogP contribution in [0.1, 0.15) is 17.3 Å². The second-order valence-corrected chi connectivity index (χ2v) is 4.22. The maximum atomic E-state index is 11.3. The summed E-state index contributed by atoms with van der Waals surface area (Å²) in [6, 6.07) is 6.50. The Labute approximate surface area is 97.4 Å². The van der Waals surface area contributed by atoms with Gasteiger partial charge in [0, 0.05) is 18.2 Å². The van der Waals surface area contributed by atoms with E-state index in [4.69, 9.17) is 0 Å². The molecule has 1 rings (SSSR count). The average molecular weight is 237 g/mol. The first-order valence-corrected chi connectivity index (χ1v) is 5.59. The van der Waals surface area contributed by atoms with Gasteiger partial charge in [0.25, 0.3) is 0 Å². The molecule has 0 heterocycles. The summed E-state index contributed by atoms with van der Waals surface area (Å²) in [7, 11) is 0. The minimum Gasteiger partial charge on any atom is -0.325 e. The van der Waals surface area contributed by atoms with Crippen LogP contribution < -0.4 is 5.32 Å². The van der Waals surface area contributed by atoms with E-state index in [1.807, 2.05) is 0 Å². The summed E-state index contributed by atoms with van der Waals surface area (Å²) in [5.74, 6) is -0.135. The lowest BCUT2D eigenvalue weighted by Crippen LogP contribution is -2.14. The predicted molar refractivity (Wildman–Crippen MR) is 63.6 cm³/mol. The maximum Gasteiger partial charge on any atom is 0.234 e. The van der Waals surface area contributed by atoms with Crippen molar-refractivity contribution in [3.63, 3.8) is 0 Å². The molecule has 84 valence electrons. The fourth-order valence-corrected chi connectivity index (χ4v) is 1.42. The van der Waals surface area contributed by atoms with Crippen LogP contribution in [0, 0.1) is 0 Å². The van der Waals surface area contributed by atoms with Gasteiger partial charge < -0.3 is 5.32 Å². The van der Waals surface area contributed by atoms with Gasteiger partial charge in [-0.25, -0.2) is 0 Å². The van der Waals surface area contributed by atoms with E-state index in [1.54, 1.807) is 24.3 Å². The zero-order valence-corrected chi connectivity index (χ0v) is 9.54. The molecule has 0 aliphatic carbocycles. The molecule has 0 aliphatic rings. The zero-order valence-electron chi connectivity index (χ0n) is 8.73. The molecule has 0 saturated carbocycles. The maximum absolute atomic E-state index is 11.3. The van der Waals surface area contributed by atoms with Gasteiger partial charge in [-0.05, 0) is 24.3 Å². The van der Waals surface area contributed by atoms with E-state index in [9.17, 15) is 14.4 Å². The number of benzene rings is 1. The van der Waals surface area contributed by atoms with E-state index in [2.05, 4.69) is 5.32 Å². The molecule has 0 atom stereocenters. The normalized spacial score (nSPS) is 9.56. The summed E-state index contributed by atoms with van der Waals surface area (Å²) in [4.78, 5) is 32.3. The van der Waals surface area contributed by atoms with Gasteiger partial charge in [0.05, 0.1) is 5.75 Å². The summed E-state index contributed by atoms with van der Waals surface area (Å²) in [6.07, 6.45) is 0.733. The van der Waals surface area contributed by atoms with Crippen molar-refractivity contribution in [2.45, 2.75) is 6.92 Å². The topological polar surface area (TPSA) is 63.2 Å². The molecule has 1 N–H and O–H groups in total. The largest absolute Gasteiger partial charge is 0.325 e. The molecule has 0 aromatic heterocycles. The smallest absolute Gasteiger partial charge is 0.234 e. The van der Waals surface area contributed by atoms with Crippen molar-refractivity contribution >= 4 is 34.8 Å². The fraction of sp³-hybridized carbons (Fsp3) is 0.182. The van der Waals surface area contributed by atoms with Crippen LogP contribution in [-0.2, 0) is 9.59 Å². The van der Waals surface area contributed by atoms with Gasteiger partial charge in [-0.15, -0.1) is 0 Å². The summed E-state index contributed by atoms with van der Waals surface area (Å²) >= 11 is 0.959. The second-order valence-electron chi connectivity index (χ2n) is 3.07. The Hall–Kier alpha value is -1.62. The van der Waals surface area contributed by atoms with Crippen molar-refractivity contribution in [1.29, 1.82) is 0 Å². The lowest BCUT2D eigenvalue weighted by Gasteiger charge is -2.03. The van der Waals surface area contributed by atoms with Crippen molar-refractivity contribution in [3.8, 4) is 0 Å². The lowest BCUT2D eigenvalue weighted by atomic mass is 10.2. The number of nitrogens with one attached hydrogen (secondary N) is 1. The van der Waals surface area contributed by atoms with Crippen molar-refractivity contribution < 1.29 is 14.4 Å². The first kappa shape index (κ1) is 12.4. The molecule has 1 aromatic rings. The lowest BCUT2D eigenvalue weighted by molar-refractivity contribution is -0.114. The van der Waals surface area contributed by atoms with Gasteiger partial charge >= 0.3 is 0 Å². The summed E-state index contributed by atoms with van der Waals surface area (Å²) in [5, 5.41) is 2.53. The molecule has 1 aromatic carbocycles. The highest BCUT2D eigenvalue weighted by Gasteiger charge is 2.04. The van der Waals surface area contributed by atoms with Crippen LogP contribution in [0.2, 0.25) is 0 Å². The summed E-state index contributed by atoms with van der Waals surface area (Å²) in [6.45, 7) is 1.41. The molecule has 0 unspecified atom stereocenters. The molecule has 0 spiro atoms. The fourth-order valence-electron chi connectivity index (χ4n) is 1.01. The number of carbonyl (C=O) groups is 3. The van der Waals surface area contributed by atoms with E-state index in [1.165, 1.54) is 6.92 Å². The quantitative estimate of drug-likeness (QED) is 0.810. The van der Waals surface area contributed by atoms with E-state index in [0.29, 0.717) is 11.3 Å². The number of hydrogen-bond acceptors (Lipinski definition) is 4. The van der Waals surface area contributed by atoms with E-state index >= 15 is 0 Å². The SMILES string of the molecule is CC(=O)SCC(=O)Nc1ccc(C=O)cc1. The van der Waals surface area contributed by atoms with Gasteiger partial charge in [-0.2, -0.15) is 0 Å².